The number of nitrogens with one attached hydrogen (secondary N) is 1. The van der Waals surface area contributed by atoms with E-state index in [1.54, 1.807) is 18.2 Å². The summed E-state index contributed by atoms with van der Waals surface area (Å²) in [6.45, 7) is 13.0. The molecule has 1 aliphatic heterocycles. The number of pyridine rings is 1. The van der Waals surface area contributed by atoms with Gasteiger partial charge in [0.05, 0.1) is 16.9 Å². The lowest BCUT2D eigenvalue weighted by Gasteiger charge is -2.32. The summed E-state index contributed by atoms with van der Waals surface area (Å²) in [4.78, 5) is 28.8. The quantitative estimate of drug-likeness (QED) is 0.586. The molecule has 31 heavy (non-hydrogen) atoms. The van der Waals surface area contributed by atoms with Crippen molar-refractivity contribution in [1.29, 1.82) is 0 Å². The zero-order valence-electron chi connectivity index (χ0n) is 19.1. The lowest BCUT2D eigenvalue weighted by molar-refractivity contribution is -0.152. The number of anilines is 1. The third-order valence-electron chi connectivity index (χ3n) is 5.74. The van der Waals surface area contributed by atoms with Crippen molar-refractivity contribution in [1.82, 2.24) is 4.98 Å². The number of carbonyl (C=O) groups excluding carboxylic acids is 2. The number of amides is 1. The smallest absolute Gasteiger partial charge is 0.446 e. The Morgan fingerprint density at radius 1 is 1.06 bits per heavy atom. The molecule has 3 rings (SSSR count). The van der Waals surface area contributed by atoms with Gasteiger partial charge in [0.15, 0.2) is 0 Å². The maximum absolute atomic E-state index is 12.9. The van der Waals surface area contributed by atoms with Crippen molar-refractivity contribution in [2.45, 2.75) is 65.8 Å². The second kappa shape index (κ2) is 8.44. The lowest BCUT2D eigenvalue weighted by atomic mass is 9.76. The van der Waals surface area contributed by atoms with Crippen molar-refractivity contribution in [2.75, 3.05) is 5.32 Å². The fraction of sp³-hybridized carbons (Fsp3) is 0.435. The van der Waals surface area contributed by atoms with E-state index in [0.29, 0.717) is 11.4 Å². The topological polar surface area (TPSA) is 86.8 Å². The molecule has 1 N–H and O–H groups in total. The van der Waals surface area contributed by atoms with Crippen LogP contribution in [0.4, 0.5) is 5.69 Å². The number of rotatable bonds is 5. The minimum atomic E-state index is -1.14. The Kier molecular flexibility index (Phi) is 6.25. The van der Waals surface area contributed by atoms with Crippen molar-refractivity contribution in [3.63, 3.8) is 0 Å². The van der Waals surface area contributed by atoms with Crippen LogP contribution in [0.3, 0.4) is 0 Å². The van der Waals surface area contributed by atoms with Gasteiger partial charge in [-0.1, -0.05) is 12.1 Å². The summed E-state index contributed by atoms with van der Waals surface area (Å²) in [5.74, 6) is -1.04. The summed E-state index contributed by atoms with van der Waals surface area (Å²) in [6, 6.07) is 10.7. The zero-order valence-corrected chi connectivity index (χ0v) is 19.1. The Morgan fingerprint density at radius 3 is 2.26 bits per heavy atom. The number of hydrogen-bond acceptors (Lipinski definition) is 6. The van der Waals surface area contributed by atoms with Crippen LogP contribution in [0, 0.1) is 13.8 Å². The second-order valence-corrected chi connectivity index (χ2v) is 8.84. The number of aromatic nitrogens is 1. The fourth-order valence-corrected chi connectivity index (χ4v) is 3.32. The van der Waals surface area contributed by atoms with Gasteiger partial charge in [-0.2, -0.15) is 0 Å². The van der Waals surface area contributed by atoms with Crippen molar-refractivity contribution < 1.29 is 23.6 Å². The monoisotopic (exact) mass is 424 g/mol. The summed E-state index contributed by atoms with van der Waals surface area (Å²) >= 11 is 0. The molecule has 0 bridgehead atoms. The molecule has 1 amide bonds. The molecule has 0 radical (unpaired) electrons. The summed E-state index contributed by atoms with van der Waals surface area (Å²) in [5, 5.41) is 2.82. The Bertz CT molecular complexity index is 989. The molecule has 1 aliphatic rings. The van der Waals surface area contributed by atoms with E-state index in [4.69, 9.17) is 14.0 Å². The number of aryl methyl sites for hydroxylation is 2. The molecule has 7 nitrogen and oxygen atoms in total. The molecule has 2 heterocycles. The normalized spacial score (nSPS) is 17.8. The first-order chi connectivity index (χ1) is 14.4. The molecule has 1 aromatic carbocycles. The number of benzene rings is 1. The van der Waals surface area contributed by atoms with E-state index in [0.717, 1.165) is 16.7 Å². The molecule has 1 atom stereocenters. The standard InChI is InChI=1S/C23H29BN2O5/c1-14-13-17(11-12-18(14)24-30-22(4,5)23(6,7)31-24)26-21(28)20(29-16(3)27)19-10-8-9-15(2)25-19/h8-13,20H,1-7H3,(H,26,28). The molecule has 1 aromatic heterocycles. The third-order valence-corrected chi connectivity index (χ3v) is 5.74. The van der Waals surface area contributed by atoms with Gasteiger partial charge in [0, 0.05) is 18.3 Å². The lowest BCUT2D eigenvalue weighted by Crippen LogP contribution is -2.41. The van der Waals surface area contributed by atoms with Crippen molar-refractivity contribution in [3.05, 3.63) is 53.3 Å². The first kappa shape index (κ1) is 23.0. The highest BCUT2D eigenvalue weighted by Crippen LogP contribution is 2.36. The van der Waals surface area contributed by atoms with E-state index in [9.17, 15) is 9.59 Å². The molecule has 8 heteroatoms. The maximum atomic E-state index is 12.9. The Morgan fingerprint density at radius 2 is 1.71 bits per heavy atom. The van der Waals surface area contributed by atoms with Crippen molar-refractivity contribution in [2.24, 2.45) is 0 Å². The molecule has 0 saturated carbocycles. The average Bonchev–Trinajstić information content (AvgIpc) is 2.86. The van der Waals surface area contributed by atoms with Gasteiger partial charge in [0.25, 0.3) is 5.91 Å². The van der Waals surface area contributed by atoms with Crippen LogP contribution in [0.15, 0.2) is 36.4 Å². The highest BCUT2D eigenvalue weighted by molar-refractivity contribution is 6.62. The van der Waals surface area contributed by atoms with Crippen molar-refractivity contribution in [3.8, 4) is 0 Å². The zero-order chi connectivity index (χ0) is 23.0. The van der Waals surface area contributed by atoms with E-state index in [-0.39, 0.29) is 0 Å². The second-order valence-electron chi connectivity index (χ2n) is 8.84. The van der Waals surface area contributed by atoms with Gasteiger partial charge in [-0.25, -0.2) is 0 Å². The van der Waals surface area contributed by atoms with Gasteiger partial charge < -0.3 is 19.4 Å². The predicted octanol–water partition coefficient (Wildman–Crippen LogP) is 3.24. The van der Waals surface area contributed by atoms with Gasteiger partial charge in [-0.15, -0.1) is 0 Å². The minimum Gasteiger partial charge on any atom is -0.446 e. The van der Waals surface area contributed by atoms with Gasteiger partial charge >= 0.3 is 13.1 Å². The van der Waals surface area contributed by atoms with E-state index in [1.807, 2.05) is 59.7 Å². The van der Waals surface area contributed by atoms with Gasteiger partial charge in [-0.05, 0) is 76.8 Å². The van der Waals surface area contributed by atoms with Crippen LogP contribution in [-0.4, -0.2) is 35.2 Å². The molecule has 1 saturated heterocycles. The molecule has 164 valence electrons. The summed E-state index contributed by atoms with van der Waals surface area (Å²) in [5.41, 5.74) is 2.61. The first-order valence-electron chi connectivity index (χ1n) is 10.3. The van der Waals surface area contributed by atoms with Gasteiger partial charge in [0.1, 0.15) is 0 Å². The Hall–Kier alpha value is -2.71. The molecule has 0 spiro atoms. The van der Waals surface area contributed by atoms with Crippen LogP contribution >= 0.6 is 0 Å². The first-order valence-corrected chi connectivity index (χ1v) is 10.3. The van der Waals surface area contributed by atoms with Gasteiger partial charge in [-0.3, -0.25) is 14.6 Å². The molecule has 2 aromatic rings. The minimum absolute atomic E-state index is 0.373. The Balaban J connectivity index is 1.80. The maximum Gasteiger partial charge on any atom is 0.495 e. The highest BCUT2D eigenvalue weighted by atomic mass is 16.7. The summed E-state index contributed by atoms with van der Waals surface area (Å²) < 4.78 is 17.5. The molecular formula is C23H29BN2O5. The number of ether oxygens (including phenoxy) is 1. The SMILES string of the molecule is CC(=O)OC(C(=O)Nc1ccc(B2OC(C)(C)C(C)(C)O2)c(C)c1)c1cccc(C)n1. The predicted molar refractivity (Wildman–Crippen MR) is 119 cm³/mol. The average molecular weight is 424 g/mol. The molecular weight excluding hydrogens is 395 g/mol. The highest BCUT2D eigenvalue weighted by Gasteiger charge is 2.52. The van der Waals surface area contributed by atoms with E-state index in [1.165, 1.54) is 6.92 Å². The molecule has 1 fully saturated rings. The van der Waals surface area contributed by atoms with Crippen molar-refractivity contribution >= 4 is 30.1 Å². The van der Waals surface area contributed by atoms with Crippen LogP contribution in [-0.2, 0) is 23.6 Å². The van der Waals surface area contributed by atoms with Crippen LogP contribution in [0.5, 0.6) is 0 Å². The van der Waals surface area contributed by atoms with Gasteiger partial charge in [0.2, 0.25) is 6.10 Å². The number of hydrogen-bond donors (Lipinski definition) is 1. The Labute approximate surface area is 183 Å². The number of carbonyl (C=O) groups is 2. The fourth-order valence-electron chi connectivity index (χ4n) is 3.32. The van der Waals surface area contributed by atoms with Crippen LogP contribution in [0.2, 0.25) is 0 Å². The summed E-state index contributed by atoms with van der Waals surface area (Å²) in [7, 11) is -0.486. The van der Waals surface area contributed by atoms with Crippen LogP contribution in [0.25, 0.3) is 0 Å². The molecule has 0 aliphatic carbocycles. The van der Waals surface area contributed by atoms with Crippen LogP contribution < -0.4 is 10.8 Å². The van der Waals surface area contributed by atoms with Crippen LogP contribution in [0.1, 0.15) is 57.7 Å². The third kappa shape index (κ3) is 4.97. The largest absolute Gasteiger partial charge is 0.495 e. The van der Waals surface area contributed by atoms with E-state index in [2.05, 4.69) is 10.3 Å². The molecule has 1 unspecified atom stereocenters. The van der Waals surface area contributed by atoms with E-state index >= 15 is 0 Å². The van der Waals surface area contributed by atoms with E-state index < -0.39 is 36.3 Å². The number of nitrogens with zero attached hydrogens (tertiary/aromatic N) is 1. The number of esters is 1. The summed E-state index contributed by atoms with van der Waals surface area (Å²) in [6.07, 6.45) is -1.14.